The van der Waals surface area contributed by atoms with Crippen LogP contribution >= 0.6 is 23.2 Å². The van der Waals surface area contributed by atoms with Gasteiger partial charge in [0.15, 0.2) is 0 Å². The minimum atomic E-state index is -0.774. The van der Waals surface area contributed by atoms with Crippen LogP contribution in [0.25, 0.3) is 0 Å². The molecule has 0 aromatic heterocycles. The monoisotopic (exact) mass is 271 g/mol. The van der Waals surface area contributed by atoms with Gasteiger partial charge in [-0.2, -0.15) is 0 Å². The van der Waals surface area contributed by atoms with Crippen LogP contribution in [0.2, 0.25) is 10.0 Å². The number of anilines is 1. The van der Waals surface area contributed by atoms with Gasteiger partial charge in [0.1, 0.15) is 0 Å². The zero-order chi connectivity index (χ0) is 12.2. The maximum atomic E-state index is 11.5. The molecule has 1 aromatic rings. The first-order valence-corrected chi connectivity index (χ1v) is 6.25. The number of hydrogen-bond donors (Lipinski definition) is 2. The van der Waals surface area contributed by atoms with Gasteiger partial charge in [0, 0.05) is 12.0 Å². The highest BCUT2D eigenvalue weighted by Gasteiger charge is 2.55. The van der Waals surface area contributed by atoms with Crippen LogP contribution in [0.5, 0.6) is 0 Å². The summed E-state index contributed by atoms with van der Waals surface area (Å²) < 4.78 is 0. The largest absolute Gasteiger partial charge is 0.481 e. The molecule has 1 fully saturated rings. The summed E-state index contributed by atoms with van der Waals surface area (Å²) in [5.74, 6) is -1.24. The smallest absolute Gasteiger partial charge is 0.311 e. The van der Waals surface area contributed by atoms with E-state index in [1.165, 1.54) is 0 Å². The van der Waals surface area contributed by atoms with Crippen molar-refractivity contribution in [3.8, 4) is 0 Å². The van der Waals surface area contributed by atoms with Gasteiger partial charge in [-0.1, -0.05) is 29.3 Å². The predicted octanol–water partition coefficient (Wildman–Crippen LogP) is 3.37. The molecule has 3 rings (SSSR count). The molecule has 1 aliphatic carbocycles. The maximum Gasteiger partial charge on any atom is 0.311 e. The Bertz CT molecular complexity index is 511. The molecular weight excluding hydrogens is 261 g/mol. The predicted molar refractivity (Wildman–Crippen MR) is 67.0 cm³/mol. The molecule has 1 aromatic carbocycles. The molecule has 0 saturated heterocycles. The normalized spacial score (nSPS) is 24.0. The number of benzene rings is 1. The summed E-state index contributed by atoms with van der Waals surface area (Å²) in [5, 5.41) is 13.5. The summed E-state index contributed by atoms with van der Waals surface area (Å²) in [6.07, 6.45) is 1.91. The van der Waals surface area contributed by atoms with E-state index in [4.69, 9.17) is 23.2 Å². The van der Waals surface area contributed by atoms with Crippen LogP contribution in [0.15, 0.2) is 12.1 Å². The number of carboxylic acids is 1. The van der Waals surface area contributed by atoms with Crippen molar-refractivity contribution in [2.75, 3.05) is 11.9 Å². The summed E-state index contributed by atoms with van der Waals surface area (Å²) in [5.41, 5.74) is 1.33. The van der Waals surface area contributed by atoms with Crippen LogP contribution in [0.4, 0.5) is 5.69 Å². The fourth-order valence-electron chi connectivity index (χ4n) is 2.70. The van der Waals surface area contributed by atoms with E-state index in [9.17, 15) is 9.90 Å². The molecule has 0 radical (unpaired) electrons. The fourth-order valence-corrected chi connectivity index (χ4v) is 3.10. The topological polar surface area (TPSA) is 49.3 Å². The Balaban J connectivity index is 2.17. The number of fused-ring (bicyclic) bond motifs is 1. The Morgan fingerprint density at radius 1 is 1.41 bits per heavy atom. The van der Waals surface area contributed by atoms with Gasteiger partial charge in [-0.3, -0.25) is 4.79 Å². The summed E-state index contributed by atoms with van der Waals surface area (Å²) in [4.78, 5) is 11.5. The highest BCUT2D eigenvalue weighted by atomic mass is 35.5. The lowest BCUT2D eigenvalue weighted by Crippen LogP contribution is -2.34. The van der Waals surface area contributed by atoms with Gasteiger partial charge in [-0.15, -0.1) is 0 Å². The van der Waals surface area contributed by atoms with Gasteiger partial charge in [0.2, 0.25) is 0 Å². The number of hydrogen-bond acceptors (Lipinski definition) is 2. The molecule has 5 heteroatoms. The zero-order valence-corrected chi connectivity index (χ0v) is 10.5. The lowest BCUT2D eigenvalue weighted by molar-refractivity contribution is -0.140. The SMILES string of the molecule is O=C(O)C1c2ccc(Cl)c(Cl)c2NCC12CC2. The lowest BCUT2D eigenvalue weighted by Gasteiger charge is -2.32. The van der Waals surface area contributed by atoms with Crippen molar-refractivity contribution in [2.45, 2.75) is 18.8 Å². The van der Waals surface area contributed by atoms with Gasteiger partial charge in [-0.05, 0) is 24.5 Å². The molecular formula is C12H11Cl2NO2. The van der Waals surface area contributed by atoms with Crippen LogP contribution in [-0.2, 0) is 4.79 Å². The summed E-state index contributed by atoms with van der Waals surface area (Å²) >= 11 is 12.0. The van der Waals surface area contributed by atoms with E-state index in [-0.39, 0.29) is 5.41 Å². The summed E-state index contributed by atoms with van der Waals surface area (Å²) in [6, 6.07) is 3.44. The summed E-state index contributed by atoms with van der Waals surface area (Å²) in [6.45, 7) is 0.664. The average Bonchev–Trinajstić information content (AvgIpc) is 3.03. The van der Waals surface area contributed by atoms with E-state index in [2.05, 4.69) is 5.32 Å². The van der Waals surface area contributed by atoms with E-state index in [0.29, 0.717) is 22.3 Å². The standard InChI is InChI=1S/C12H11Cl2NO2/c13-7-2-1-6-8(11(16)17)12(3-4-12)5-15-10(6)9(7)14/h1-2,8,15H,3-5H2,(H,16,17). The van der Waals surface area contributed by atoms with Crippen molar-refractivity contribution in [2.24, 2.45) is 5.41 Å². The molecule has 3 nitrogen and oxygen atoms in total. The first-order chi connectivity index (χ1) is 8.05. The molecule has 1 aliphatic heterocycles. The van der Waals surface area contributed by atoms with Crippen LogP contribution in [0, 0.1) is 5.41 Å². The third-order valence-corrected chi connectivity index (χ3v) is 4.61. The molecule has 0 bridgehead atoms. The van der Waals surface area contributed by atoms with Gasteiger partial charge >= 0.3 is 5.97 Å². The molecule has 0 amide bonds. The average molecular weight is 272 g/mol. The molecule has 1 atom stereocenters. The summed E-state index contributed by atoms with van der Waals surface area (Å²) in [7, 11) is 0. The molecule has 2 aliphatic rings. The van der Waals surface area contributed by atoms with Crippen LogP contribution < -0.4 is 5.32 Å². The van der Waals surface area contributed by atoms with E-state index < -0.39 is 11.9 Å². The van der Waals surface area contributed by atoms with Crippen LogP contribution in [0.3, 0.4) is 0 Å². The molecule has 90 valence electrons. The quantitative estimate of drug-likeness (QED) is 0.824. The molecule has 2 N–H and O–H groups in total. The third kappa shape index (κ3) is 1.53. The van der Waals surface area contributed by atoms with Gasteiger partial charge < -0.3 is 10.4 Å². The van der Waals surface area contributed by atoms with E-state index in [0.717, 1.165) is 18.4 Å². The number of halogens is 2. The molecule has 1 spiro atoms. The Labute approximate surface area is 109 Å². The van der Waals surface area contributed by atoms with E-state index in [1.54, 1.807) is 12.1 Å². The minimum Gasteiger partial charge on any atom is -0.481 e. The van der Waals surface area contributed by atoms with E-state index in [1.807, 2.05) is 0 Å². The van der Waals surface area contributed by atoms with Gasteiger partial charge in [-0.25, -0.2) is 0 Å². The first kappa shape index (κ1) is 11.2. The third-order valence-electron chi connectivity index (χ3n) is 3.81. The Morgan fingerprint density at radius 3 is 2.71 bits per heavy atom. The molecule has 1 saturated carbocycles. The van der Waals surface area contributed by atoms with Crippen molar-refractivity contribution >= 4 is 34.9 Å². The fraction of sp³-hybridized carbons (Fsp3) is 0.417. The van der Waals surface area contributed by atoms with Gasteiger partial charge in [0.25, 0.3) is 0 Å². The molecule has 1 heterocycles. The molecule has 17 heavy (non-hydrogen) atoms. The second kappa shape index (κ2) is 3.53. The highest BCUT2D eigenvalue weighted by molar-refractivity contribution is 6.43. The first-order valence-electron chi connectivity index (χ1n) is 5.50. The minimum absolute atomic E-state index is 0.115. The zero-order valence-electron chi connectivity index (χ0n) is 8.96. The van der Waals surface area contributed by atoms with Crippen molar-refractivity contribution in [3.05, 3.63) is 27.7 Å². The number of nitrogens with one attached hydrogen (secondary N) is 1. The second-order valence-corrected chi connectivity index (χ2v) is 5.60. The number of carboxylic acid groups (broad SMARTS) is 1. The second-order valence-electron chi connectivity index (χ2n) is 4.81. The number of rotatable bonds is 1. The highest BCUT2D eigenvalue weighted by Crippen LogP contribution is 2.60. The number of aliphatic carboxylic acids is 1. The van der Waals surface area contributed by atoms with Crippen molar-refractivity contribution < 1.29 is 9.90 Å². The van der Waals surface area contributed by atoms with E-state index >= 15 is 0 Å². The van der Waals surface area contributed by atoms with Crippen molar-refractivity contribution in [1.82, 2.24) is 0 Å². The Kier molecular flexibility index (Phi) is 2.32. The maximum absolute atomic E-state index is 11.5. The van der Waals surface area contributed by atoms with Crippen LogP contribution in [-0.4, -0.2) is 17.6 Å². The Hall–Kier alpha value is -0.930. The van der Waals surface area contributed by atoms with Crippen molar-refractivity contribution in [3.63, 3.8) is 0 Å². The van der Waals surface area contributed by atoms with Crippen LogP contribution in [0.1, 0.15) is 24.3 Å². The number of carbonyl (C=O) groups is 1. The van der Waals surface area contributed by atoms with Crippen molar-refractivity contribution in [1.29, 1.82) is 0 Å². The lowest BCUT2D eigenvalue weighted by atomic mass is 9.79. The Morgan fingerprint density at radius 2 is 2.12 bits per heavy atom. The van der Waals surface area contributed by atoms with Gasteiger partial charge in [0.05, 0.1) is 21.7 Å². The molecule has 1 unspecified atom stereocenters.